The molecule has 0 saturated heterocycles. The van der Waals surface area contributed by atoms with Crippen LogP contribution in [0.5, 0.6) is 0 Å². The first kappa shape index (κ1) is 20.3. The summed E-state index contributed by atoms with van der Waals surface area (Å²) in [5, 5.41) is 11.5. The summed E-state index contributed by atoms with van der Waals surface area (Å²) < 4.78 is 1.60. The van der Waals surface area contributed by atoms with Crippen LogP contribution in [-0.4, -0.2) is 30.9 Å². The normalized spacial score (nSPS) is 10.7. The van der Waals surface area contributed by atoms with Crippen LogP contribution in [0.1, 0.15) is 0 Å². The highest BCUT2D eigenvalue weighted by atomic mass is 16.2. The number of hydrogen-bond donors (Lipinski definition) is 1. The van der Waals surface area contributed by atoms with E-state index in [4.69, 9.17) is 0 Å². The molecule has 7 nitrogen and oxygen atoms in total. The van der Waals surface area contributed by atoms with Crippen molar-refractivity contribution >= 4 is 11.7 Å². The molecule has 0 radical (unpaired) electrons. The largest absolute Gasteiger partial charge is 0.309 e. The van der Waals surface area contributed by atoms with E-state index in [1.54, 1.807) is 29.3 Å². The molecule has 3 aromatic heterocycles. The number of carbonyl (C=O) groups is 1. The molecule has 0 atom stereocenters. The molecule has 0 aliphatic heterocycles. The summed E-state index contributed by atoms with van der Waals surface area (Å²) in [6.07, 6.45) is 5.19. The maximum absolute atomic E-state index is 12.8. The molecule has 160 valence electrons. The smallest absolute Gasteiger partial charge is 0.247 e. The lowest BCUT2D eigenvalue weighted by Gasteiger charge is -2.09. The van der Waals surface area contributed by atoms with E-state index in [9.17, 15) is 4.79 Å². The molecule has 0 spiro atoms. The molecular weight excluding hydrogens is 412 g/mol. The molecule has 2 aromatic carbocycles. The number of rotatable bonds is 6. The number of pyridine rings is 2. The zero-order valence-electron chi connectivity index (χ0n) is 17.7. The summed E-state index contributed by atoms with van der Waals surface area (Å²) in [7, 11) is 0. The van der Waals surface area contributed by atoms with Crippen LogP contribution in [0.3, 0.4) is 0 Å². The molecule has 1 N–H and O–H groups in total. The van der Waals surface area contributed by atoms with Gasteiger partial charge in [0.25, 0.3) is 0 Å². The van der Waals surface area contributed by atoms with Crippen molar-refractivity contribution in [1.82, 2.24) is 25.0 Å². The molecule has 0 aliphatic carbocycles. The summed E-state index contributed by atoms with van der Waals surface area (Å²) in [6, 6.07) is 27.2. The van der Waals surface area contributed by atoms with Crippen molar-refractivity contribution in [1.29, 1.82) is 0 Å². The van der Waals surface area contributed by atoms with Gasteiger partial charge in [-0.2, -0.15) is 0 Å². The van der Waals surface area contributed by atoms with Crippen molar-refractivity contribution in [2.24, 2.45) is 0 Å². The fraction of sp³-hybridized carbons (Fsp3) is 0.0385. The lowest BCUT2D eigenvalue weighted by atomic mass is 10.1. The predicted molar refractivity (Wildman–Crippen MR) is 127 cm³/mol. The fourth-order valence-corrected chi connectivity index (χ4v) is 3.59. The SMILES string of the molecule is O=C(Cn1nnc(-c2cccnc2)c1-c1ccccc1)Nc1ccc(-c2ccccc2)cn1. The van der Waals surface area contributed by atoms with Gasteiger partial charge >= 0.3 is 0 Å². The van der Waals surface area contributed by atoms with Crippen molar-refractivity contribution in [3.63, 3.8) is 0 Å². The van der Waals surface area contributed by atoms with Crippen LogP contribution in [0, 0.1) is 0 Å². The number of carbonyl (C=O) groups excluding carboxylic acids is 1. The molecule has 7 heteroatoms. The third kappa shape index (κ3) is 4.52. The van der Waals surface area contributed by atoms with Crippen LogP contribution in [0.4, 0.5) is 5.82 Å². The Morgan fingerprint density at radius 2 is 1.48 bits per heavy atom. The van der Waals surface area contributed by atoms with Gasteiger partial charge in [-0.05, 0) is 29.8 Å². The number of nitrogens with one attached hydrogen (secondary N) is 1. The van der Waals surface area contributed by atoms with Gasteiger partial charge in [0.1, 0.15) is 18.1 Å². The molecule has 3 heterocycles. The van der Waals surface area contributed by atoms with Crippen LogP contribution >= 0.6 is 0 Å². The Morgan fingerprint density at radius 1 is 0.758 bits per heavy atom. The van der Waals surface area contributed by atoms with Gasteiger partial charge in [0.05, 0.1) is 5.69 Å². The van der Waals surface area contributed by atoms with Crippen molar-refractivity contribution in [2.75, 3.05) is 5.32 Å². The topological polar surface area (TPSA) is 85.6 Å². The number of anilines is 1. The van der Waals surface area contributed by atoms with Crippen molar-refractivity contribution in [2.45, 2.75) is 6.54 Å². The Kier molecular flexibility index (Phi) is 5.67. The molecule has 0 fully saturated rings. The van der Waals surface area contributed by atoms with E-state index < -0.39 is 0 Å². The minimum Gasteiger partial charge on any atom is -0.309 e. The molecular formula is C26H20N6O. The quantitative estimate of drug-likeness (QED) is 0.420. The van der Waals surface area contributed by atoms with E-state index in [0.717, 1.165) is 27.9 Å². The highest BCUT2D eigenvalue weighted by molar-refractivity contribution is 5.90. The number of nitrogens with zero attached hydrogens (tertiary/aromatic N) is 5. The number of benzene rings is 2. The third-order valence-corrected chi connectivity index (χ3v) is 5.15. The summed E-state index contributed by atoms with van der Waals surface area (Å²) in [4.78, 5) is 21.4. The van der Waals surface area contributed by atoms with E-state index in [0.29, 0.717) is 11.5 Å². The molecule has 0 bridgehead atoms. The summed E-state index contributed by atoms with van der Waals surface area (Å²) in [5.74, 6) is 0.239. The van der Waals surface area contributed by atoms with Crippen molar-refractivity contribution < 1.29 is 4.79 Å². The standard InChI is InChI=1S/C26H20N6O/c33-24(29-23-14-13-21(17-28-23)19-8-3-1-4-9-19)18-32-26(20-10-5-2-6-11-20)25(30-31-32)22-12-7-15-27-16-22/h1-17H,18H2,(H,28,29,33). The van der Waals surface area contributed by atoms with Crippen LogP contribution in [-0.2, 0) is 11.3 Å². The zero-order valence-corrected chi connectivity index (χ0v) is 17.7. The van der Waals surface area contributed by atoms with Gasteiger partial charge in [-0.15, -0.1) is 5.10 Å². The molecule has 0 saturated carbocycles. The molecule has 1 amide bonds. The van der Waals surface area contributed by atoms with E-state index in [1.807, 2.05) is 78.9 Å². The Morgan fingerprint density at radius 3 is 2.15 bits per heavy atom. The van der Waals surface area contributed by atoms with Gasteiger partial charge in [0.2, 0.25) is 5.91 Å². The lowest BCUT2D eigenvalue weighted by Crippen LogP contribution is -2.20. The van der Waals surface area contributed by atoms with Gasteiger partial charge in [-0.25, -0.2) is 9.67 Å². The average molecular weight is 432 g/mol. The highest BCUT2D eigenvalue weighted by Gasteiger charge is 2.18. The van der Waals surface area contributed by atoms with Crippen molar-refractivity contribution in [3.05, 3.63) is 104 Å². The second-order valence-electron chi connectivity index (χ2n) is 7.40. The van der Waals surface area contributed by atoms with Crippen molar-refractivity contribution in [3.8, 4) is 33.6 Å². The maximum atomic E-state index is 12.8. The van der Waals surface area contributed by atoms with Crippen LogP contribution in [0.2, 0.25) is 0 Å². The molecule has 33 heavy (non-hydrogen) atoms. The number of amides is 1. The minimum absolute atomic E-state index is 0.000390. The van der Waals surface area contributed by atoms with Crippen LogP contribution in [0.25, 0.3) is 33.6 Å². The Hall–Kier alpha value is -4.65. The Labute approximate surface area is 190 Å². The first-order chi connectivity index (χ1) is 16.3. The van der Waals surface area contributed by atoms with Gasteiger partial charge < -0.3 is 5.32 Å². The molecule has 0 unspecified atom stereocenters. The fourth-order valence-electron chi connectivity index (χ4n) is 3.59. The van der Waals surface area contributed by atoms with Crippen LogP contribution in [0.15, 0.2) is 104 Å². The Bertz CT molecular complexity index is 1350. The van der Waals surface area contributed by atoms with E-state index in [2.05, 4.69) is 25.6 Å². The first-order valence-electron chi connectivity index (χ1n) is 10.5. The predicted octanol–water partition coefficient (Wildman–Crippen LogP) is 4.71. The van der Waals surface area contributed by atoms with Gasteiger partial charge in [-0.1, -0.05) is 65.9 Å². The summed E-state index contributed by atoms with van der Waals surface area (Å²) >= 11 is 0. The van der Waals surface area contributed by atoms with E-state index in [-0.39, 0.29) is 12.5 Å². The average Bonchev–Trinajstić information content (AvgIpc) is 3.29. The minimum atomic E-state index is -0.241. The van der Waals surface area contributed by atoms with Gasteiger partial charge in [-0.3, -0.25) is 9.78 Å². The molecule has 5 rings (SSSR count). The molecule has 5 aromatic rings. The number of aromatic nitrogens is 5. The first-order valence-corrected chi connectivity index (χ1v) is 10.5. The van der Waals surface area contributed by atoms with Gasteiger partial charge in [0.15, 0.2) is 0 Å². The second-order valence-corrected chi connectivity index (χ2v) is 7.40. The monoisotopic (exact) mass is 432 g/mol. The van der Waals surface area contributed by atoms with Crippen LogP contribution < -0.4 is 5.32 Å². The Balaban J connectivity index is 1.38. The maximum Gasteiger partial charge on any atom is 0.247 e. The van der Waals surface area contributed by atoms with Gasteiger partial charge in [0, 0.05) is 35.3 Å². The zero-order chi connectivity index (χ0) is 22.5. The summed E-state index contributed by atoms with van der Waals surface area (Å²) in [6.45, 7) is -0.000390. The molecule has 0 aliphatic rings. The van der Waals surface area contributed by atoms with E-state index >= 15 is 0 Å². The summed E-state index contributed by atoms with van der Waals surface area (Å²) in [5.41, 5.74) is 5.23. The lowest BCUT2D eigenvalue weighted by molar-refractivity contribution is -0.116. The highest BCUT2D eigenvalue weighted by Crippen LogP contribution is 2.29. The third-order valence-electron chi connectivity index (χ3n) is 5.15. The van der Waals surface area contributed by atoms with E-state index in [1.165, 1.54) is 0 Å². The number of hydrogen-bond acceptors (Lipinski definition) is 5. The second kappa shape index (κ2) is 9.23.